The molecule has 0 spiro atoms. The molecule has 1 fully saturated rings. The van der Waals surface area contributed by atoms with Crippen LogP contribution in [0.1, 0.15) is 32.6 Å². The van der Waals surface area contributed by atoms with Gasteiger partial charge in [-0.2, -0.15) is 0 Å². The summed E-state index contributed by atoms with van der Waals surface area (Å²) >= 11 is 6.25. The highest BCUT2D eigenvalue weighted by Gasteiger charge is 2.19. The highest BCUT2D eigenvalue weighted by Crippen LogP contribution is 2.29. The Kier molecular flexibility index (Phi) is 4.96. The third-order valence-corrected chi connectivity index (χ3v) is 4.62. The summed E-state index contributed by atoms with van der Waals surface area (Å²) in [5.74, 6) is 1.98. The maximum Gasteiger partial charge on any atom is 0.223 e. The van der Waals surface area contributed by atoms with Crippen LogP contribution >= 0.6 is 11.6 Å². The number of hydrogen-bond acceptors (Lipinski definition) is 5. The van der Waals surface area contributed by atoms with Gasteiger partial charge in [-0.05, 0) is 37.7 Å². The monoisotopic (exact) mass is 332 g/mol. The number of hydrogen-bond donors (Lipinski definition) is 1. The predicted octanol–water partition coefficient (Wildman–Crippen LogP) is 4.19. The Balaban J connectivity index is 1.80. The molecule has 122 valence electrons. The SMILES string of the molecule is COc1cc(-c2ccnc(NC3CCC(C)CC3)n2)c(Cl)cn1. The van der Waals surface area contributed by atoms with E-state index in [1.807, 2.05) is 6.07 Å². The number of nitrogens with zero attached hydrogens (tertiary/aromatic N) is 3. The van der Waals surface area contributed by atoms with E-state index in [1.165, 1.54) is 25.7 Å². The molecule has 5 nitrogen and oxygen atoms in total. The van der Waals surface area contributed by atoms with Gasteiger partial charge in [-0.1, -0.05) is 18.5 Å². The van der Waals surface area contributed by atoms with Crippen LogP contribution in [0.2, 0.25) is 5.02 Å². The Morgan fingerprint density at radius 2 is 2.00 bits per heavy atom. The molecule has 0 radical (unpaired) electrons. The van der Waals surface area contributed by atoms with Crippen LogP contribution in [0, 0.1) is 5.92 Å². The summed E-state index contributed by atoms with van der Waals surface area (Å²) in [7, 11) is 1.58. The van der Waals surface area contributed by atoms with E-state index < -0.39 is 0 Å². The van der Waals surface area contributed by atoms with Crippen LogP contribution in [0.25, 0.3) is 11.3 Å². The van der Waals surface area contributed by atoms with Gasteiger partial charge in [-0.15, -0.1) is 0 Å². The summed E-state index contributed by atoms with van der Waals surface area (Å²) < 4.78 is 5.16. The van der Waals surface area contributed by atoms with Gasteiger partial charge in [0, 0.05) is 23.9 Å². The molecule has 0 unspecified atom stereocenters. The Bertz CT molecular complexity index is 671. The zero-order chi connectivity index (χ0) is 16.2. The molecule has 0 aromatic carbocycles. The number of halogens is 1. The molecule has 0 bridgehead atoms. The van der Waals surface area contributed by atoms with E-state index in [0.717, 1.165) is 17.2 Å². The lowest BCUT2D eigenvalue weighted by Crippen LogP contribution is -2.26. The molecule has 6 heteroatoms. The molecule has 1 aliphatic rings. The van der Waals surface area contributed by atoms with Gasteiger partial charge in [0.1, 0.15) is 0 Å². The summed E-state index contributed by atoms with van der Waals surface area (Å²) in [4.78, 5) is 13.0. The van der Waals surface area contributed by atoms with Gasteiger partial charge in [0.15, 0.2) is 0 Å². The molecule has 2 aromatic heterocycles. The molecule has 2 aromatic rings. The standard InChI is InChI=1S/C17H21ClN4O/c1-11-3-5-12(6-4-11)21-17-19-8-7-15(22-17)13-9-16(23-2)20-10-14(13)18/h7-12H,3-6H2,1-2H3,(H,19,21,22). The largest absolute Gasteiger partial charge is 0.481 e. The van der Waals surface area contributed by atoms with Crippen LogP contribution in [0.15, 0.2) is 24.5 Å². The Labute approximate surface area is 141 Å². The van der Waals surface area contributed by atoms with Gasteiger partial charge >= 0.3 is 0 Å². The molecule has 0 atom stereocenters. The van der Waals surface area contributed by atoms with Crippen molar-refractivity contribution in [3.63, 3.8) is 0 Å². The van der Waals surface area contributed by atoms with Gasteiger partial charge in [-0.3, -0.25) is 0 Å². The summed E-state index contributed by atoms with van der Waals surface area (Å²) in [6.07, 6.45) is 8.17. The number of ether oxygens (including phenoxy) is 1. The van der Waals surface area contributed by atoms with Crippen molar-refractivity contribution >= 4 is 17.5 Å². The van der Waals surface area contributed by atoms with Crippen molar-refractivity contribution in [2.24, 2.45) is 5.92 Å². The van der Waals surface area contributed by atoms with Crippen LogP contribution in [0.3, 0.4) is 0 Å². The molecule has 23 heavy (non-hydrogen) atoms. The fourth-order valence-corrected chi connectivity index (χ4v) is 3.09. The van der Waals surface area contributed by atoms with Gasteiger partial charge in [0.05, 0.1) is 24.0 Å². The summed E-state index contributed by atoms with van der Waals surface area (Å²) in [5.41, 5.74) is 1.55. The average Bonchev–Trinajstić information content (AvgIpc) is 2.58. The second-order valence-corrected chi connectivity index (χ2v) is 6.48. The van der Waals surface area contributed by atoms with E-state index in [-0.39, 0.29) is 0 Å². The molecular formula is C17H21ClN4O. The van der Waals surface area contributed by atoms with Crippen molar-refractivity contribution in [3.05, 3.63) is 29.5 Å². The van der Waals surface area contributed by atoms with Crippen molar-refractivity contribution in [3.8, 4) is 17.1 Å². The van der Waals surface area contributed by atoms with E-state index in [4.69, 9.17) is 16.3 Å². The molecule has 2 heterocycles. The van der Waals surface area contributed by atoms with Gasteiger partial charge < -0.3 is 10.1 Å². The predicted molar refractivity (Wildman–Crippen MR) is 91.9 cm³/mol. The molecule has 1 N–H and O–H groups in total. The van der Waals surface area contributed by atoms with Crippen molar-refractivity contribution in [2.75, 3.05) is 12.4 Å². The van der Waals surface area contributed by atoms with E-state index in [9.17, 15) is 0 Å². The normalized spacial score (nSPS) is 21.0. The average molecular weight is 333 g/mol. The van der Waals surface area contributed by atoms with Crippen LogP contribution in [-0.4, -0.2) is 28.1 Å². The minimum Gasteiger partial charge on any atom is -0.481 e. The molecule has 0 amide bonds. The molecule has 0 aliphatic heterocycles. The number of nitrogens with one attached hydrogen (secondary N) is 1. The topological polar surface area (TPSA) is 59.9 Å². The first-order chi connectivity index (χ1) is 11.2. The van der Waals surface area contributed by atoms with Crippen molar-refractivity contribution in [1.29, 1.82) is 0 Å². The fraction of sp³-hybridized carbons (Fsp3) is 0.471. The van der Waals surface area contributed by atoms with Crippen LogP contribution in [-0.2, 0) is 0 Å². The smallest absolute Gasteiger partial charge is 0.223 e. The van der Waals surface area contributed by atoms with Gasteiger partial charge in [-0.25, -0.2) is 15.0 Å². The van der Waals surface area contributed by atoms with Crippen molar-refractivity contribution in [1.82, 2.24) is 15.0 Å². The summed E-state index contributed by atoms with van der Waals surface area (Å²) in [6, 6.07) is 4.08. The van der Waals surface area contributed by atoms with Gasteiger partial charge in [0.25, 0.3) is 0 Å². The van der Waals surface area contributed by atoms with Gasteiger partial charge in [0.2, 0.25) is 11.8 Å². The fourth-order valence-electron chi connectivity index (χ4n) is 2.89. The van der Waals surface area contributed by atoms with E-state index >= 15 is 0 Å². The van der Waals surface area contributed by atoms with Crippen molar-refractivity contribution in [2.45, 2.75) is 38.6 Å². The highest BCUT2D eigenvalue weighted by molar-refractivity contribution is 6.33. The number of rotatable bonds is 4. The zero-order valence-electron chi connectivity index (χ0n) is 13.4. The Morgan fingerprint density at radius 3 is 2.74 bits per heavy atom. The maximum atomic E-state index is 6.25. The lowest BCUT2D eigenvalue weighted by Gasteiger charge is -2.26. The Morgan fingerprint density at radius 1 is 1.22 bits per heavy atom. The minimum absolute atomic E-state index is 0.448. The summed E-state index contributed by atoms with van der Waals surface area (Å²) in [6.45, 7) is 2.31. The lowest BCUT2D eigenvalue weighted by atomic mass is 9.87. The molecule has 1 aliphatic carbocycles. The third kappa shape index (κ3) is 3.91. The zero-order valence-corrected chi connectivity index (χ0v) is 14.2. The van der Waals surface area contributed by atoms with Crippen LogP contribution in [0.5, 0.6) is 5.88 Å². The second kappa shape index (κ2) is 7.13. The second-order valence-electron chi connectivity index (χ2n) is 6.07. The minimum atomic E-state index is 0.448. The van der Waals surface area contributed by atoms with E-state index in [0.29, 0.717) is 22.9 Å². The maximum absolute atomic E-state index is 6.25. The first-order valence-electron chi connectivity index (χ1n) is 7.95. The molecule has 3 rings (SSSR count). The lowest BCUT2D eigenvalue weighted by molar-refractivity contribution is 0.360. The quantitative estimate of drug-likeness (QED) is 0.909. The molecule has 0 saturated heterocycles. The molecule has 1 saturated carbocycles. The first kappa shape index (κ1) is 16.0. The van der Waals surface area contributed by atoms with E-state index in [1.54, 1.807) is 25.6 Å². The highest BCUT2D eigenvalue weighted by atomic mass is 35.5. The number of methoxy groups -OCH3 is 1. The Hall–Kier alpha value is -1.88. The molecular weight excluding hydrogens is 312 g/mol. The number of anilines is 1. The number of pyridine rings is 1. The van der Waals surface area contributed by atoms with Crippen LogP contribution in [0.4, 0.5) is 5.95 Å². The van der Waals surface area contributed by atoms with E-state index in [2.05, 4.69) is 27.2 Å². The van der Waals surface area contributed by atoms with Crippen molar-refractivity contribution < 1.29 is 4.74 Å². The van der Waals surface area contributed by atoms with Crippen LogP contribution < -0.4 is 10.1 Å². The third-order valence-electron chi connectivity index (χ3n) is 4.32. The number of aromatic nitrogens is 3. The summed E-state index contributed by atoms with van der Waals surface area (Å²) in [5, 5.41) is 3.99. The first-order valence-corrected chi connectivity index (χ1v) is 8.33.